The van der Waals surface area contributed by atoms with Crippen LogP contribution < -0.4 is 5.32 Å². The monoisotopic (exact) mass is 370 g/mol. The van der Waals surface area contributed by atoms with Gasteiger partial charge in [0.15, 0.2) is 0 Å². The average Bonchev–Trinajstić information content (AvgIpc) is 2.61. The van der Waals surface area contributed by atoms with Crippen molar-refractivity contribution in [3.63, 3.8) is 0 Å². The third kappa shape index (κ3) is 4.07. The van der Waals surface area contributed by atoms with Crippen LogP contribution in [0, 0.1) is 6.92 Å². The van der Waals surface area contributed by atoms with Gasteiger partial charge in [0, 0.05) is 31.5 Å². The molecule has 136 valence electrons. The molecule has 1 atom stereocenters. The zero-order chi connectivity index (χ0) is 18.7. The normalized spacial score (nSPS) is 16.1. The molecule has 1 aliphatic heterocycles. The van der Waals surface area contributed by atoms with E-state index in [-0.39, 0.29) is 17.9 Å². The number of hydrogen-bond donors (Lipinski definition) is 1. The van der Waals surface area contributed by atoms with Gasteiger partial charge < -0.3 is 10.2 Å². The third-order valence-electron chi connectivity index (χ3n) is 4.75. The Labute approximate surface area is 159 Å². The molecule has 2 aromatic carbocycles. The highest BCUT2D eigenvalue weighted by Crippen LogP contribution is 2.36. The van der Waals surface area contributed by atoms with Crippen molar-refractivity contribution in [2.45, 2.75) is 32.7 Å². The Morgan fingerprint density at radius 1 is 1.19 bits per heavy atom. The predicted molar refractivity (Wildman–Crippen MR) is 103 cm³/mol. The highest BCUT2D eigenvalue weighted by molar-refractivity contribution is 6.30. The van der Waals surface area contributed by atoms with Gasteiger partial charge >= 0.3 is 0 Å². The number of nitrogens with zero attached hydrogens (tertiary/aromatic N) is 1. The molecule has 1 unspecified atom stereocenters. The van der Waals surface area contributed by atoms with E-state index in [1.807, 2.05) is 29.2 Å². The Kier molecular flexibility index (Phi) is 5.62. The van der Waals surface area contributed by atoms with E-state index in [2.05, 4.69) is 30.4 Å². The van der Waals surface area contributed by atoms with E-state index < -0.39 is 0 Å². The van der Waals surface area contributed by atoms with Crippen molar-refractivity contribution in [2.24, 2.45) is 0 Å². The highest BCUT2D eigenvalue weighted by Gasteiger charge is 2.31. The molecule has 4 nitrogen and oxygen atoms in total. The first-order chi connectivity index (χ1) is 12.5. The number of aryl methyl sites for hydroxylation is 1. The molecule has 0 saturated heterocycles. The van der Waals surface area contributed by atoms with Crippen molar-refractivity contribution in [3.8, 4) is 0 Å². The second-order valence-electron chi connectivity index (χ2n) is 6.73. The molecule has 0 spiro atoms. The molecular formula is C21H23ClN2O2. The fourth-order valence-corrected chi connectivity index (χ4v) is 3.62. The van der Waals surface area contributed by atoms with Crippen LogP contribution in [0.3, 0.4) is 0 Å². The van der Waals surface area contributed by atoms with Crippen molar-refractivity contribution < 1.29 is 9.59 Å². The maximum atomic E-state index is 12.9. The van der Waals surface area contributed by atoms with Gasteiger partial charge in [-0.1, -0.05) is 47.5 Å². The minimum Gasteiger partial charge on any atom is -0.356 e. The molecule has 0 aromatic heterocycles. The molecular weight excluding hydrogens is 348 g/mol. The van der Waals surface area contributed by atoms with Crippen molar-refractivity contribution >= 4 is 23.4 Å². The highest BCUT2D eigenvalue weighted by atomic mass is 35.5. The molecule has 1 heterocycles. The number of carbonyl (C=O) groups is 2. The fraction of sp³-hybridized carbons (Fsp3) is 0.333. The molecule has 0 saturated carbocycles. The number of benzene rings is 2. The Hall–Kier alpha value is -2.33. The molecule has 0 bridgehead atoms. The van der Waals surface area contributed by atoms with Crippen LogP contribution in [0.1, 0.15) is 41.6 Å². The van der Waals surface area contributed by atoms with Crippen molar-refractivity contribution in [1.82, 2.24) is 10.2 Å². The van der Waals surface area contributed by atoms with Gasteiger partial charge in [0.2, 0.25) is 11.8 Å². The minimum atomic E-state index is -0.124. The quantitative estimate of drug-likeness (QED) is 0.893. The van der Waals surface area contributed by atoms with Gasteiger partial charge in [0.25, 0.3) is 0 Å². The lowest BCUT2D eigenvalue weighted by Gasteiger charge is -2.38. The summed E-state index contributed by atoms with van der Waals surface area (Å²) in [5, 5.41) is 3.38. The second kappa shape index (κ2) is 7.92. The van der Waals surface area contributed by atoms with Gasteiger partial charge in [0.05, 0.1) is 6.04 Å². The molecule has 1 N–H and O–H groups in total. The first-order valence-corrected chi connectivity index (χ1v) is 9.22. The molecule has 26 heavy (non-hydrogen) atoms. The Bertz CT molecular complexity index is 817. The van der Waals surface area contributed by atoms with E-state index in [0.29, 0.717) is 24.5 Å². The Morgan fingerprint density at radius 2 is 1.92 bits per heavy atom. The van der Waals surface area contributed by atoms with Crippen molar-refractivity contribution in [1.29, 1.82) is 0 Å². The summed E-state index contributed by atoms with van der Waals surface area (Å²) in [5.41, 5.74) is 4.68. The molecule has 1 aliphatic rings. The largest absolute Gasteiger partial charge is 0.356 e. The van der Waals surface area contributed by atoms with E-state index in [4.69, 9.17) is 11.6 Å². The van der Waals surface area contributed by atoms with Gasteiger partial charge in [-0.3, -0.25) is 9.59 Å². The zero-order valence-electron chi connectivity index (χ0n) is 15.1. The summed E-state index contributed by atoms with van der Waals surface area (Å²) in [5.74, 6) is -0.0717. The number of carbonyl (C=O) groups excluding carboxylic acids is 2. The van der Waals surface area contributed by atoms with Crippen LogP contribution in [0.2, 0.25) is 5.02 Å². The van der Waals surface area contributed by atoms with Gasteiger partial charge in [-0.15, -0.1) is 0 Å². The maximum Gasteiger partial charge on any atom is 0.225 e. The fourth-order valence-electron chi connectivity index (χ4n) is 3.50. The van der Waals surface area contributed by atoms with Crippen LogP contribution in [-0.2, 0) is 16.0 Å². The smallest absolute Gasteiger partial charge is 0.225 e. The number of halogens is 1. The molecule has 0 radical (unpaired) electrons. The van der Waals surface area contributed by atoms with E-state index in [1.54, 1.807) is 0 Å². The number of amides is 2. The number of fused-ring (bicyclic) bond motifs is 1. The SMILES string of the molecule is CC(=O)NCCC(=O)N1CCc2ccc(C)cc2C1c1ccc(Cl)cc1. The van der Waals surface area contributed by atoms with E-state index in [1.165, 1.54) is 23.6 Å². The molecule has 2 amide bonds. The van der Waals surface area contributed by atoms with Crippen LogP contribution in [0.15, 0.2) is 42.5 Å². The van der Waals surface area contributed by atoms with Crippen molar-refractivity contribution in [2.75, 3.05) is 13.1 Å². The van der Waals surface area contributed by atoms with E-state index in [0.717, 1.165) is 12.0 Å². The van der Waals surface area contributed by atoms with E-state index >= 15 is 0 Å². The summed E-state index contributed by atoms with van der Waals surface area (Å²) < 4.78 is 0. The molecule has 2 aromatic rings. The maximum absolute atomic E-state index is 12.9. The summed E-state index contributed by atoms with van der Waals surface area (Å²) in [4.78, 5) is 25.9. The molecule has 5 heteroatoms. The first kappa shape index (κ1) is 18.5. The summed E-state index contributed by atoms with van der Waals surface area (Å²) in [6, 6.07) is 14.0. The van der Waals surface area contributed by atoms with Gasteiger partial charge in [-0.2, -0.15) is 0 Å². The summed E-state index contributed by atoms with van der Waals surface area (Å²) in [7, 11) is 0. The average molecular weight is 371 g/mol. The summed E-state index contributed by atoms with van der Waals surface area (Å²) in [6.07, 6.45) is 1.14. The summed E-state index contributed by atoms with van der Waals surface area (Å²) >= 11 is 6.05. The van der Waals surface area contributed by atoms with Crippen molar-refractivity contribution in [3.05, 3.63) is 69.7 Å². The minimum absolute atomic E-state index is 0.0471. The Morgan fingerprint density at radius 3 is 2.62 bits per heavy atom. The van der Waals surface area contributed by atoms with Crippen LogP contribution in [0.5, 0.6) is 0 Å². The third-order valence-corrected chi connectivity index (χ3v) is 5.00. The molecule has 0 aliphatic carbocycles. The van der Waals surface area contributed by atoms with Gasteiger partial charge in [-0.05, 0) is 42.2 Å². The van der Waals surface area contributed by atoms with Crippen LogP contribution >= 0.6 is 11.6 Å². The summed E-state index contributed by atoms with van der Waals surface area (Å²) in [6.45, 7) is 4.55. The lowest BCUT2D eigenvalue weighted by Crippen LogP contribution is -2.41. The van der Waals surface area contributed by atoms with Gasteiger partial charge in [-0.25, -0.2) is 0 Å². The van der Waals surface area contributed by atoms with Crippen LogP contribution in [0.25, 0.3) is 0 Å². The molecule has 0 fully saturated rings. The van der Waals surface area contributed by atoms with E-state index in [9.17, 15) is 9.59 Å². The standard InChI is InChI=1S/C21H23ClN2O2/c1-14-3-4-16-10-12-24(20(26)9-11-23-15(2)25)21(19(16)13-14)17-5-7-18(22)8-6-17/h3-8,13,21H,9-12H2,1-2H3,(H,23,25). The van der Waals surface area contributed by atoms with Crippen LogP contribution in [0.4, 0.5) is 0 Å². The Balaban J connectivity index is 1.94. The first-order valence-electron chi connectivity index (χ1n) is 8.84. The zero-order valence-corrected chi connectivity index (χ0v) is 15.8. The number of rotatable bonds is 4. The lowest BCUT2D eigenvalue weighted by molar-refractivity contribution is -0.133. The van der Waals surface area contributed by atoms with Gasteiger partial charge in [0.1, 0.15) is 0 Å². The predicted octanol–water partition coefficient (Wildman–Crippen LogP) is 3.65. The molecule has 3 rings (SSSR count). The van der Waals surface area contributed by atoms with Crippen LogP contribution in [-0.4, -0.2) is 29.8 Å². The second-order valence-corrected chi connectivity index (χ2v) is 7.16. The topological polar surface area (TPSA) is 49.4 Å². The number of hydrogen-bond acceptors (Lipinski definition) is 2. The lowest BCUT2D eigenvalue weighted by atomic mass is 9.87. The number of nitrogens with one attached hydrogen (secondary N) is 1.